The van der Waals surface area contributed by atoms with E-state index in [4.69, 9.17) is 11.0 Å². The van der Waals surface area contributed by atoms with Gasteiger partial charge >= 0.3 is 0 Å². The van der Waals surface area contributed by atoms with E-state index in [2.05, 4.69) is 20.4 Å². The van der Waals surface area contributed by atoms with Gasteiger partial charge in [-0.25, -0.2) is 18.7 Å². The summed E-state index contributed by atoms with van der Waals surface area (Å²) in [7, 11) is 0. The van der Waals surface area contributed by atoms with Crippen molar-refractivity contribution >= 4 is 17.5 Å². The lowest BCUT2D eigenvalue weighted by molar-refractivity contribution is -0.123. The van der Waals surface area contributed by atoms with Crippen LogP contribution >= 0.6 is 0 Å². The summed E-state index contributed by atoms with van der Waals surface area (Å²) in [5, 5.41) is 16.4. The smallest absolute Gasteiger partial charge is 0.237 e. The molecule has 4 aromatic rings. The van der Waals surface area contributed by atoms with Gasteiger partial charge in [0.25, 0.3) is 0 Å². The van der Waals surface area contributed by atoms with Crippen LogP contribution in [0.3, 0.4) is 0 Å². The van der Waals surface area contributed by atoms with E-state index < -0.39 is 11.6 Å². The number of nitrogen functional groups attached to an aromatic ring is 1. The number of carbonyl (C=O) groups is 1. The van der Waals surface area contributed by atoms with Crippen LogP contribution in [0.25, 0.3) is 16.9 Å². The normalized spacial score (nSPS) is 15.3. The number of likely N-dealkylation sites (N-methyl/N-ethyl adjacent to an activating group) is 1. The molecule has 0 aliphatic carbocycles. The Balaban J connectivity index is 1.48. The molecule has 5 rings (SSSR count). The zero-order chi connectivity index (χ0) is 26.1. The first-order chi connectivity index (χ1) is 17.9. The fourth-order valence-electron chi connectivity index (χ4n) is 4.68. The van der Waals surface area contributed by atoms with E-state index in [-0.39, 0.29) is 41.1 Å². The zero-order valence-corrected chi connectivity index (χ0v) is 20.1. The summed E-state index contributed by atoms with van der Waals surface area (Å²) in [6.45, 7) is 3.63. The summed E-state index contributed by atoms with van der Waals surface area (Å²) < 4.78 is 31.1. The molecule has 37 heavy (non-hydrogen) atoms. The van der Waals surface area contributed by atoms with Gasteiger partial charge in [0.05, 0.1) is 17.3 Å². The highest BCUT2D eigenvalue weighted by molar-refractivity contribution is 5.83. The summed E-state index contributed by atoms with van der Waals surface area (Å²) in [5.41, 5.74) is 7.78. The van der Waals surface area contributed by atoms with Crippen molar-refractivity contribution in [3.05, 3.63) is 76.6 Å². The van der Waals surface area contributed by atoms with Crippen LogP contribution in [0.2, 0.25) is 0 Å². The largest absolute Gasteiger partial charge is 0.368 e. The lowest BCUT2D eigenvalue weighted by Gasteiger charge is -2.26. The highest BCUT2D eigenvalue weighted by atomic mass is 19.1. The summed E-state index contributed by atoms with van der Waals surface area (Å²) >= 11 is 0. The lowest BCUT2D eigenvalue weighted by atomic mass is 10.0. The highest BCUT2D eigenvalue weighted by Crippen LogP contribution is 2.26. The van der Waals surface area contributed by atoms with Crippen molar-refractivity contribution in [3.63, 3.8) is 0 Å². The molecular weight excluding hydrogens is 478 g/mol. The molecule has 1 amide bonds. The van der Waals surface area contributed by atoms with E-state index >= 15 is 4.39 Å². The number of amides is 1. The number of anilines is 1. The monoisotopic (exact) mass is 502 g/mol. The van der Waals surface area contributed by atoms with Crippen LogP contribution in [0, 0.1) is 23.0 Å². The van der Waals surface area contributed by atoms with E-state index in [9.17, 15) is 9.18 Å². The maximum Gasteiger partial charge on any atom is 0.237 e. The van der Waals surface area contributed by atoms with Crippen molar-refractivity contribution < 1.29 is 13.6 Å². The molecular formula is C26H24F2N8O. The quantitative estimate of drug-likeness (QED) is 0.398. The Morgan fingerprint density at radius 1 is 1.24 bits per heavy atom. The van der Waals surface area contributed by atoms with Crippen molar-refractivity contribution in [2.24, 2.45) is 0 Å². The second-order valence-electron chi connectivity index (χ2n) is 8.79. The molecule has 3 heterocycles. The first-order valence-electron chi connectivity index (χ1n) is 11.9. The van der Waals surface area contributed by atoms with E-state index in [0.29, 0.717) is 43.1 Å². The van der Waals surface area contributed by atoms with Gasteiger partial charge in [-0.05, 0) is 42.3 Å². The molecule has 0 saturated carbocycles. The van der Waals surface area contributed by atoms with Crippen molar-refractivity contribution in [3.8, 4) is 17.3 Å². The Bertz CT molecular complexity index is 1540. The van der Waals surface area contributed by atoms with E-state index in [1.54, 1.807) is 12.1 Å². The van der Waals surface area contributed by atoms with Crippen LogP contribution in [-0.2, 0) is 17.8 Å². The number of fused-ring (bicyclic) bond motifs is 1. The minimum absolute atomic E-state index is 0.0163. The molecule has 0 unspecified atom stereocenters. The second kappa shape index (κ2) is 9.91. The van der Waals surface area contributed by atoms with Crippen LogP contribution in [0.5, 0.6) is 0 Å². The number of benzene rings is 2. The molecule has 1 aliphatic heterocycles. The number of nitrogens with two attached hydrogens (primary N) is 1. The number of aromatic nitrogens is 4. The van der Waals surface area contributed by atoms with Crippen LogP contribution in [0.4, 0.5) is 14.7 Å². The maximum absolute atomic E-state index is 15.0. The molecule has 1 aliphatic rings. The van der Waals surface area contributed by atoms with Gasteiger partial charge < -0.3 is 11.1 Å². The fraction of sp³-hybridized carbons (Fsp3) is 0.269. The lowest BCUT2D eigenvalue weighted by Crippen LogP contribution is -2.40. The number of halogens is 2. The molecule has 1 fully saturated rings. The van der Waals surface area contributed by atoms with Gasteiger partial charge in [-0.2, -0.15) is 9.78 Å². The van der Waals surface area contributed by atoms with Gasteiger partial charge in [0, 0.05) is 31.1 Å². The predicted octanol–water partition coefficient (Wildman–Crippen LogP) is 2.82. The van der Waals surface area contributed by atoms with Crippen molar-refractivity contribution in [2.75, 3.05) is 18.8 Å². The molecule has 2 aromatic carbocycles. The van der Waals surface area contributed by atoms with Crippen LogP contribution in [0.15, 0.2) is 42.5 Å². The summed E-state index contributed by atoms with van der Waals surface area (Å²) in [4.78, 5) is 23.0. The number of carbonyl (C=O) groups excluding carboxylic acids is 1. The molecule has 3 N–H and O–H groups in total. The van der Waals surface area contributed by atoms with Gasteiger partial charge in [-0.1, -0.05) is 25.1 Å². The highest BCUT2D eigenvalue weighted by Gasteiger charge is 2.30. The molecule has 0 spiro atoms. The summed E-state index contributed by atoms with van der Waals surface area (Å²) in [5.74, 6) is -0.827. The number of nitrogens with one attached hydrogen (secondary N) is 1. The first-order valence-corrected chi connectivity index (χ1v) is 11.9. The standard InChI is InChI=1S/C26H24F2N8O/c1-2-35(21-9-10-31-25(21)37)14-16-6-4-8-19(27)18(16)11-22-33-23-12-20(32-26(30)36(23)34-22)17-7-3-5-15(13-29)24(17)28/h3-8,12,21H,2,9-11,14H2,1H3,(H2,30,32)(H,31,37)/t21-/m1/s1. The van der Waals surface area contributed by atoms with E-state index in [1.807, 2.05) is 24.0 Å². The Hall–Kier alpha value is -4.43. The number of hydrogen-bond acceptors (Lipinski definition) is 7. The van der Waals surface area contributed by atoms with Gasteiger partial charge in [0.15, 0.2) is 11.5 Å². The first kappa shape index (κ1) is 24.3. The van der Waals surface area contributed by atoms with Crippen molar-refractivity contribution in [2.45, 2.75) is 32.4 Å². The Labute approximate surface area is 211 Å². The third-order valence-electron chi connectivity index (χ3n) is 6.58. The molecule has 2 aromatic heterocycles. The molecule has 1 atom stereocenters. The molecule has 1 saturated heterocycles. The molecule has 0 bridgehead atoms. The predicted molar refractivity (Wildman–Crippen MR) is 132 cm³/mol. The molecule has 9 nitrogen and oxygen atoms in total. The molecule has 0 radical (unpaired) electrons. The van der Waals surface area contributed by atoms with Crippen LogP contribution in [0.1, 0.15) is 35.9 Å². The Kier molecular flexibility index (Phi) is 6.50. The van der Waals surface area contributed by atoms with Gasteiger partial charge in [0.2, 0.25) is 11.9 Å². The zero-order valence-electron chi connectivity index (χ0n) is 20.1. The summed E-state index contributed by atoms with van der Waals surface area (Å²) in [6.07, 6.45) is 0.795. The van der Waals surface area contributed by atoms with Crippen LogP contribution < -0.4 is 11.1 Å². The fourth-order valence-corrected chi connectivity index (χ4v) is 4.68. The maximum atomic E-state index is 15.0. The van der Waals surface area contributed by atoms with E-state index in [0.717, 1.165) is 5.56 Å². The Morgan fingerprint density at radius 3 is 2.78 bits per heavy atom. The summed E-state index contributed by atoms with van der Waals surface area (Å²) in [6, 6.07) is 12.4. The van der Waals surface area contributed by atoms with Crippen LogP contribution in [-0.4, -0.2) is 49.5 Å². The average molecular weight is 503 g/mol. The Morgan fingerprint density at radius 2 is 2.05 bits per heavy atom. The molecule has 188 valence electrons. The molecule has 11 heteroatoms. The van der Waals surface area contributed by atoms with Gasteiger partial charge in [-0.15, -0.1) is 5.10 Å². The minimum atomic E-state index is -0.701. The number of nitriles is 1. The third kappa shape index (κ3) is 4.59. The van der Waals surface area contributed by atoms with Gasteiger partial charge in [-0.3, -0.25) is 9.69 Å². The number of nitrogens with zero attached hydrogens (tertiary/aromatic N) is 6. The SMILES string of the molecule is CCN(Cc1cccc(F)c1Cc1nc2cc(-c3cccc(C#N)c3F)nc(N)n2n1)[C@@H]1CCNC1=O. The van der Waals surface area contributed by atoms with Crippen molar-refractivity contribution in [1.82, 2.24) is 29.8 Å². The minimum Gasteiger partial charge on any atom is -0.368 e. The topological polar surface area (TPSA) is 125 Å². The average Bonchev–Trinajstić information content (AvgIpc) is 3.50. The van der Waals surface area contributed by atoms with E-state index in [1.165, 1.54) is 28.8 Å². The van der Waals surface area contributed by atoms with Gasteiger partial charge in [0.1, 0.15) is 17.7 Å². The second-order valence-corrected chi connectivity index (χ2v) is 8.79. The number of hydrogen-bond donors (Lipinski definition) is 2. The van der Waals surface area contributed by atoms with Crippen molar-refractivity contribution in [1.29, 1.82) is 5.26 Å². The third-order valence-corrected chi connectivity index (χ3v) is 6.58. The number of rotatable bonds is 7.